The van der Waals surface area contributed by atoms with Crippen molar-refractivity contribution in [3.05, 3.63) is 95.4 Å². The number of fused-ring (bicyclic) bond motifs is 1. The van der Waals surface area contributed by atoms with E-state index < -0.39 is 12.0 Å². The average Bonchev–Trinajstić information content (AvgIpc) is 3.44. The number of aromatic amines is 1. The number of H-pyrrole nitrogens is 1. The second-order valence-corrected chi connectivity index (χ2v) is 7.69. The number of esters is 1. The second-order valence-electron chi connectivity index (χ2n) is 7.69. The molecule has 0 aliphatic carbocycles. The van der Waals surface area contributed by atoms with Crippen molar-refractivity contribution < 1.29 is 19.1 Å². The molecular formula is C26H22N4O4. The Hall–Kier alpha value is -4.46. The molecule has 34 heavy (non-hydrogen) atoms. The highest BCUT2D eigenvalue weighted by molar-refractivity contribution is 6.11. The molecule has 2 aromatic heterocycles. The lowest BCUT2D eigenvalue weighted by molar-refractivity contribution is 0.0526. The molecule has 1 aliphatic heterocycles. The van der Waals surface area contributed by atoms with E-state index in [0.717, 1.165) is 16.9 Å². The number of benzene rings is 2. The summed E-state index contributed by atoms with van der Waals surface area (Å²) in [5.74, 6) is 0.109. The lowest BCUT2D eigenvalue weighted by Crippen LogP contribution is -2.29. The van der Waals surface area contributed by atoms with Gasteiger partial charge in [0.1, 0.15) is 17.5 Å². The van der Waals surface area contributed by atoms with Crippen molar-refractivity contribution in [2.24, 2.45) is 0 Å². The van der Waals surface area contributed by atoms with Gasteiger partial charge < -0.3 is 9.47 Å². The summed E-state index contributed by atoms with van der Waals surface area (Å²) in [5.41, 5.74) is 4.46. The molecule has 1 unspecified atom stereocenters. The summed E-state index contributed by atoms with van der Waals surface area (Å²) in [5, 5.41) is 7.41. The number of rotatable bonds is 6. The third kappa shape index (κ3) is 3.59. The number of nitrogens with zero attached hydrogens (tertiary/aromatic N) is 3. The Morgan fingerprint density at radius 3 is 2.47 bits per heavy atom. The monoisotopic (exact) mass is 454 g/mol. The highest BCUT2D eigenvalue weighted by Crippen LogP contribution is 2.44. The van der Waals surface area contributed by atoms with Crippen LogP contribution >= 0.6 is 0 Å². The first-order valence-corrected chi connectivity index (χ1v) is 10.9. The third-order valence-electron chi connectivity index (χ3n) is 5.76. The van der Waals surface area contributed by atoms with E-state index in [1.165, 1.54) is 0 Å². The van der Waals surface area contributed by atoms with E-state index in [2.05, 4.69) is 15.2 Å². The molecule has 0 spiro atoms. The Balaban J connectivity index is 1.61. The molecule has 0 saturated heterocycles. The highest BCUT2D eigenvalue weighted by atomic mass is 16.5. The van der Waals surface area contributed by atoms with Gasteiger partial charge in [-0.05, 0) is 67.6 Å². The number of ether oxygens (including phenoxy) is 2. The highest BCUT2D eigenvalue weighted by Gasteiger charge is 2.43. The Morgan fingerprint density at radius 1 is 1.06 bits per heavy atom. The molecule has 170 valence electrons. The van der Waals surface area contributed by atoms with Crippen molar-refractivity contribution >= 4 is 17.6 Å². The van der Waals surface area contributed by atoms with Gasteiger partial charge >= 0.3 is 5.97 Å². The van der Waals surface area contributed by atoms with Crippen molar-refractivity contribution in [2.75, 3.05) is 18.6 Å². The summed E-state index contributed by atoms with van der Waals surface area (Å²) in [6.07, 6.45) is 1.70. The van der Waals surface area contributed by atoms with Gasteiger partial charge in [0.2, 0.25) is 0 Å². The predicted molar refractivity (Wildman–Crippen MR) is 126 cm³/mol. The molecule has 8 heteroatoms. The largest absolute Gasteiger partial charge is 0.497 e. The molecular weight excluding hydrogens is 432 g/mol. The molecule has 0 saturated carbocycles. The zero-order valence-electron chi connectivity index (χ0n) is 18.7. The van der Waals surface area contributed by atoms with E-state index >= 15 is 0 Å². The number of amides is 1. The van der Waals surface area contributed by atoms with Gasteiger partial charge in [-0.15, -0.1) is 0 Å². The van der Waals surface area contributed by atoms with Crippen LogP contribution in [0.5, 0.6) is 5.75 Å². The van der Waals surface area contributed by atoms with Crippen LogP contribution < -0.4 is 9.64 Å². The van der Waals surface area contributed by atoms with Gasteiger partial charge in [-0.25, -0.2) is 4.79 Å². The maximum atomic E-state index is 13.6. The number of anilines is 1. The molecule has 3 heterocycles. The molecule has 5 rings (SSSR count). The quantitative estimate of drug-likeness (QED) is 0.434. The Kier molecular flexibility index (Phi) is 5.55. The molecule has 0 bridgehead atoms. The first kappa shape index (κ1) is 21.4. The van der Waals surface area contributed by atoms with Crippen LogP contribution in [0.2, 0.25) is 0 Å². The molecule has 4 aromatic rings. The van der Waals surface area contributed by atoms with Crippen LogP contribution in [0.3, 0.4) is 0 Å². The van der Waals surface area contributed by atoms with Crippen LogP contribution in [0.25, 0.3) is 11.3 Å². The number of nitrogens with one attached hydrogen (secondary N) is 1. The van der Waals surface area contributed by atoms with Crippen LogP contribution in [0.15, 0.2) is 72.9 Å². The maximum absolute atomic E-state index is 13.6. The van der Waals surface area contributed by atoms with Crippen molar-refractivity contribution in [1.29, 1.82) is 0 Å². The van der Waals surface area contributed by atoms with Gasteiger partial charge in [0.25, 0.3) is 5.91 Å². The number of methoxy groups -OCH3 is 1. The molecule has 0 fully saturated rings. The topological polar surface area (TPSA) is 97.4 Å². The van der Waals surface area contributed by atoms with Gasteiger partial charge in [-0.3, -0.25) is 19.8 Å². The van der Waals surface area contributed by atoms with Gasteiger partial charge in [-0.1, -0.05) is 6.07 Å². The van der Waals surface area contributed by atoms with Crippen LogP contribution in [-0.2, 0) is 4.74 Å². The SMILES string of the molecule is CCOC(=O)c1ccc(N2C(=O)c3[nH]nc(-c4ccc(OC)cc4)c3C2c2ccccn2)cc1. The number of carbonyl (C=O) groups excluding carboxylic acids is 2. The fraction of sp³-hybridized carbons (Fsp3) is 0.154. The number of hydrogen-bond donors (Lipinski definition) is 1. The minimum atomic E-state index is -0.493. The van der Waals surface area contributed by atoms with Gasteiger partial charge in [-0.2, -0.15) is 5.10 Å². The van der Waals surface area contributed by atoms with Gasteiger partial charge in [0.15, 0.2) is 0 Å². The number of hydrogen-bond acceptors (Lipinski definition) is 6. The van der Waals surface area contributed by atoms with E-state index in [1.54, 1.807) is 49.4 Å². The fourth-order valence-electron chi connectivity index (χ4n) is 4.17. The molecule has 1 N–H and O–H groups in total. The lowest BCUT2D eigenvalue weighted by atomic mass is 9.99. The Labute approximate surface area is 196 Å². The third-order valence-corrected chi connectivity index (χ3v) is 5.76. The summed E-state index contributed by atoms with van der Waals surface area (Å²) in [4.78, 5) is 31.9. The van der Waals surface area contributed by atoms with Crippen LogP contribution in [-0.4, -0.2) is 40.8 Å². The second kappa shape index (κ2) is 8.82. The van der Waals surface area contributed by atoms with Crippen LogP contribution in [0.1, 0.15) is 45.1 Å². The molecule has 1 amide bonds. The summed E-state index contributed by atoms with van der Waals surface area (Å²) < 4.78 is 10.3. The standard InChI is InChI=1S/C26H22N4O4/c1-3-34-26(32)17-7-11-18(12-8-17)30-24(20-6-4-5-15-27-20)21-22(28-29-23(21)25(30)31)16-9-13-19(33-2)14-10-16/h4-15,24H,3H2,1-2H3,(H,28,29). The van der Waals surface area contributed by atoms with Crippen molar-refractivity contribution in [3.63, 3.8) is 0 Å². The molecule has 2 aromatic carbocycles. The van der Waals surface area contributed by atoms with E-state index in [0.29, 0.717) is 34.9 Å². The number of pyridine rings is 1. The Bertz CT molecular complexity index is 1330. The summed E-state index contributed by atoms with van der Waals surface area (Å²) in [6.45, 7) is 2.05. The average molecular weight is 454 g/mol. The van der Waals surface area contributed by atoms with E-state index in [9.17, 15) is 9.59 Å². The molecule has 1 aliphatic rings. The fourth-order valence-corrected chi connectivity index (χ4v) is 4.17. The van der Waals surface area contributed by atoms with Crippen molar-refractivity contribution in [2.45, 2.75) is 13.0 Å². The lowest BCUT2D eigenvalue weighted by Gasteiger charge is -2.25. The Morgan fingerprint density at radius 2 is 1.82 bits per heavy atom. The van der Waals surface area contributed by atoms with E-state index in [1.807, 2.05) is 42.5 Å². The molecule has 8 nitrogen and oxygen atoms in total. The van der Waals surface area contributed by atoms with Crippen LogP contribution in [0.4, 0.5) is 5.69 Å². The minimum Gasteiger partial charge on any atom is -0.497 e. The summed E-state index contributed by atoms with van der Waals surface area (Å²) >= 11 is 0. The maximum Gasteiger partial charge on any atom is 0.338 e. The predicted octanol–water partition coefficient (Wildman–Crippen LogP) is 4.41. The van der Waals surface area contributed by atoms with Crippen molar-refractivity contribution in [1.82, 2.24) is 15.2 Å². The first-order valence-electron chi connectivity index (χ1n) is 10.9. The van der Waals surface area contributed by atoms with Crippen molar-refractivity contribution in [3.8, 4) is 17.0 Å². The van der Waals surface area contributed by atoms with Crippen LogP contribution in [0, 0.1) is 0 Å². The first-order chi connectivity index (χ1) is 16.6. The zero-order chi connectivity index (χ0) is 23.7. The van der Waals surface area contributed by atoms with E-state index in [4.69, 9.17) is 9.47 Å². The number of carbonyl (C=O) groups is 2. The summed E-state index contributed by atoms with van der Waals surface area (Å²) in [6, 6.07) is 19.4. The zero-order valence-corrected chi connectivity index (χ0v) is 18.7. The summed E-state index contributed by atoms with van der Waals surface area (Å²) in [7, 11) is 1.61. The molecule has 1 atom stereocenters. The van der Waals surface area contributed by atoms with E-state index in [-0.39, 0.29) is 5.91 Å². The van der Waals surface area contributed by atoms with Gasteiger partial charge in [0, 0.05) is 23.0 Å². The minimum absolute atomic E-state index is 0.221. The smallest absolute Gasteiger partial charge is 0.338 e. The van der Waals surface area contributed by atoms with Gasteiger partial charge in [0.05, 0.1) is 30.7 Å². The number of aromatic nitrogens is 3. The normalized spacial score (nSPS) is 14.7. The molecule has 0 radical (unpaired) electrons.